The molecule has 1 saturated heterocycles. The molecule has 1 aliphatic rings. The Kier molecular flexibility index (Phi) is 6.47. The Labute approximate surface area is 114 Å². The minimum atomic E-state index is -1.50. The van der Waals surface area contributed by atoms with Crippen molar-refractivity contribution in [1.29, 1.82) is 0 Å². The van der Waals surface area contributed by atoms with Crippen LogP contribution in [0.5, 0.6) is 0 Å². The summed E-state index contributed by atoms with van der Waals surface area (Å²) in [6.45, 7) is 1.15. The Bertz CT molecular complexity index is 299. The Morgan fingerprint density at radius 1 is 1.32 bits per heavy atom. The van der Waals surface area contributed by atoms with Crippen molar-refractivity contribution in [3.8, 4) is 0 Å². The van der Waals surface area contributed by atoms with Gasteiger partial charge in [0.2, 0.25) is 0 Å². The molecule has 0 saturated carbocycles. The zero-order chi connectivity index (χ0) is 14.6. The Hall–Kier alpha value is -0.420. The van der Waals surface area contributed by atoms with Gasteiger partial charge >= 0.3 is 5.30 Å². The van der Waals surface area contributed by atoms with Crippen LogP contribution in [0.3, 0.4) is 0 Å². The lowest BCUT2D eigenvalue weighted by Gasteiger charge is -2.42. The molecule has 5 N–H and O–H groups in total. The van der Waals surface area contributed by atoms with Gasteiger partial charge in [0.15, 0.2) is 0 Å². The summed E-state index contributed by atoms with van der Waals surface area (Å²) < 4.78 is 10.3. The first kappa shape index (κ1) is 16.6. The minimum absolute atomic E-state index is 0.189. The molecule has 9 heteroatoms. The molecule has 8 nitrogen and oxygen atoms in total. The van der Waals surface area contributed by atoms with Crippen LogP contribution in [0.1, 0.15) is 13.3 Å². The molecule has 1 aliphatic heterocycles. The molecule has 0 aromatic rings. The molecule has 6 atom stereocenters. The summed E-state index contributed by atoms with van der Waals surface area (Å²) in [7, 11) is 0. The lowest BCUT2D eigenvalue weighted by Crippen LogP contribution is -2.61. The van der Waals surface area contributed by atoms with Gasteiger partial charge in [0.05, 0.1) is 6.61 Å². The van der Waals surface area contributed by atoms with Gasteiger partial charge in [0, 0.05) is 0 Å². The van der Waals surface area contributed by atoms with Crippen LogP contribution in [0.25, 0.3) is 0 Å². The number of aliphatic hydroxyl groups excluding tert-OH is 4. The number of ether oxygens (including phenoxy) is 1. The van der Waals surface area contributed by atoms with Crippen LogP contribution in [-0.4, -0.2) is 74.1 Å². The van der Waals surface area contributed by atoms with Crippen molar-refractivity contribution in [2.24, 2.45) is 0 Å². The van der Waals surface area contributed by atoms with Gasteiger partial charge in [-0.05, 0) is 6.42 Å². The number of aliphatic hydroxyl groups is 4. The van der Waals surface area contributed by atoms with Gasteiger partial charge in [-0.2, -0.15) is 0 Å². The highest BCUT2D eigenvalue weighted by Gasteiger charge is 2.46. The molecule has 0 amide bonds. The highest BCUT2D eigenvalue weighted by atomic mass is 32.2. The van der Waals surface area contributed by atoms with Gasteiger partial charge in [0.1, 0.15) is 48.7 Å². The summed E-state index contributed by atoms with van der Waals surface area (Å²) in [6.07, 6.45) is -6.92. The monoisotopic (exact) mass is 298 g/mol. The average molecular weight is 298 g/mol. The van der Waals surface area contributed by atoms with Crippen LogP contribution < -0.4 is 0 Å². The molecule has 0 aromatic carbocycles. The molecule has 19 heavy (non-hydrogen) atoms. The molecule has 0 spiro atoms. The zero-order valence-corrected chi connectivity index (χ0v) is 11.1. The molecule has 0 aliphatic carbocycles. The number of hydrogen-bond acceptors (Lipinski definition) is 8. The molecule has 0 bridgehead atoms. The van der Waals surface area contributed by atoms with Crippen LogP contribution in [0, 0.1) is 0 Å². The molecule has 1 rings (SSSR count). The van der Waals surface area contributed by atoms with Crippen molar-refractivity contribution in [3.05, 3.63) is 0 Å². The lowest BCUT2D eigenvalue weighted by atomic mass is 9.92. The summed E-state index contributed by atoms with van der Waals surface area (Å²) in [5.74, 6) is 0. The number of carboxylic acid groups (broad SMARTS) is 1. The molecule has 1 fully saturated rings. The second-order valence-corrected chi connectivity index (χ2v) is 4.89. The third kappa shape index (κ3) is 4.02. The van der Waals surface area contributed by atoms with Gasteiger partial charge in [0.25, 0.3) is 0 Å². The lowest BCUT2D eigenvalue weighted by molar-refractivity contribution is -0.245. The third-order valence-electron chi connectivity index (χ3n) is 2.94. The highest BCUT2D eigenvalue weighted by molar-refractivity contribution is 8.09. The second-order valence-electron chi connectivity index (χ2n) is 4.19. The van der Waals surface area contributed by atoms with Gasteiger partial charge in [-0.25, -0.2) is 4.79 Å². The largest absolute Gasteiger partial charge is 0.472 e. The standard InChI is InChI=1S/C10H18O8S/c1-2-4(18-19-10(15)16)9-8(14)7(13)6(12)5(3-11)17-9/h4-9,11-14H,2-3H2,1H3,(H,15,16)/t4?,5-,6+,7+,8-,9-/m1/s1. The zero-order valence-electron chi connectivity index (χ0n) is 10.2. The van der Waals surface area contributed by atoms with Crippen LogP contribution in [0.15, 0.2) is 0 Å². The van der Waals surface area contributed by atoms with Gasteiger partial charge in [-0.3, -0.25) is 4.18 Å². The average Bonchev–Trinajstić information content (AvgIpc) is 2.38. The first-order valence-corrected chi connectivity index (χ1v) is 6.53. The fourth-order valence-electron chi connectivity index (χ4n) is 1.90. The predicted octanol–water partition coefficient (Wildman–Crippen LogP) is -1.05. The molecular formula is C10H18O8S. The first-order chi connectivity index (χ1) is 8.92. The number of hydrogen-bond donors (Lipinski definition) is 5. The maximum absolute atomic E-state index is 10.4. The van der Waals surface area contributed by atoms with E-state index in [1.54, 1.807) is 6.92 Å². The molecule has 0 radical (unpaired) electrons. The maximum atomic E-state index is 10.4. The van der Waals surface area contributed by atoms with Crippen LogP contribution in [0.4, 0.5) is 4.79 Å². The molecular weight excluding hydrogens is 280 g/mol. The summed E-state index contributed by atoms with van der Waals surface area (Å²) in [4.78, 5) is 10.4. The van der Waals surface area contributed by atoms with E-state index in [1.807, 2.05) is 0 Å². The van der Waals surface area contributed by atoms with Gasteiger partial charge in [-0.15, -0.1) is 0 Å². The third-order valence-corrected chi connectivity index (χ3v) is 3.43. The van der Waals surface area contributed by atoms with Crippen LogP contribution in [0.2, 0.25) is 0 Å². The maximum Gasteiger partial charge on any atom is 0.392 e. The number of carbonyl (C=O) groups is 1. The summed E-state index contributed by atoms with van der Waals surface area (Å²) in [6, 6.07) is 0. The van der Waals surface area contributed by atoms with Crippen molar-refractivity contribution in [2.75, 3.05) is 6.61 Å². The Balaban J connectivity index is 2.74. The molecule has 0 aromatic heterocycles. The van der Waals surface area contributed by atoms with E-state index in [1.165, 1.54) is 0 Å². The van der Waals surface area contributed by atoms with E-state index in [2.05, 4.69) is 0 Å². The van der Waals surface area contributed by atoms with Crippen molar-refractivity contribution in [2.45, 2.75) is 50.0 Å². The van der Waals surface area contributed by atoms with E-state index in [4.69, 9.17) is 19.1 Å². The first-order valence-electron chi connectivity index (χ1n) is 5.79. The molecule has 112 valence electrons. The van der Waals surface area contributed by atoms with Crippen LogP contribution >= 0.6 is 12.0 Å². The number of rotatable bonds is 5. The highest BCUT2D eigenvalue weighted by Crippen LogP contribution is 2.27. The van der Waals surface area contributed by atoms with E-state index in [0.717, 1.165) is 0 Å². The van der Waals surface area contributed by atoms with E-state index in [-0.39, 0.29) is 12.0 Å². The summed E-state index contributed by atoms with van der Waals surface area (Å²) in [5.41, 5.74) is 0. The summed E-state index contributed by atoms with van der Waals surface area (Å²) in [5, 5.41) is 45.4. The van der Waals surface area contributed by atoms with Crippen molar-refractivity contribution in [1.82, 2.24) is 0 Å². The fraction of sp³-hybridized carbons (Fsp3) is 0.900. The van der Waals surface area contributed by atoms with Crippen molar-refractivity contribution < 1.29 is 39.2 Å². The molecule has 1 heterocycles. The second kappa shape index (κ2) is 7.39. The van der Waals surface area contributed by atoms with E-state index < -0.39 is 48.5 Å². The topological polar surface area (TPSA) is 137 Å². The summed E-state index contributed by atoms with van der Waals surface area (Å²) >= 11 is 0.189. The predicted molar refractivity (Wildman–Crippen MR) is 64.5 cm³/mol. The Morgan fingerprint density at radius 2 is 1.95 bits per heavy atom. The smallest absolute Gasteiger partial charge is 0.392 e. The molecule has 1 unspecified atom stereocenters. The fourth-order valence-corrected chi connectivity index (χ4v) is 2.35. The quantitative estimate of drug-likeness (QED) is 0.402. The normalized spacial score (nSPS) is 37.0. The van der Waals surface area contributed by atoms with Gasteiger partial charge < -0.3 is 30.3 Å². The Morgan fingerprint density at radius 3 is 2.42 bits per heavy atom. The SMILES string of the molecule is CCC(OSC(=O)O)[C@H]1O[C@H](CO)[C@H](O)[C@H](O)[C@H]1O. The van der Waals surface area contributed by atoms with Crippen molar-refractivity contribution in [3.63, 3.8) is 0 Å². The van der Waals surface area contributed by atoms with E-state index >= 15 is 0 Å². The van der Waals surface area contributed by atoms with E-state index in [0.29, 0.717) is 6.42 Å². The van der Waals surface area contributed by atoms with E-state index in [9.17, 15) is 20.1 Å². The van der Waals surface area contributed by atoms with Gasteiger partial charge in [-0.1, -0.05) is 6.92 Å². The minimum Gasteiger partial charge on any atom is -0.472 e. The van der Waals surface area contributed by atoms with Crippen molar-refractivity contribution >= 4 is 17.3 Å². The van der Waals surface area contributed by atoms with Crippen LogP contribution in [-0.2, 0) is 8.92 Å².